The largest absolute Gasteiger partial charge is 0.349 e. The fourth-order valence-electron chi connectivity index (χ4n) is 3.24. The molecule has 2 aromatic rings. The van der Waals surface area contributed by atoms with Crippen LogP contribution in [0.4, 0.5) is 10.2 Å². The number of carbonyl (C=O) groups is 1. The van der Waals surface area contributed by atoms with Crippen LogP contribution in [0.2, 0.25) is 0 Å². The number of pyridine rings is 1. The summed E-state index contributed by atoms with van der Waals surface area (Å²) in [6.07, 6.45) is 3.25. The van der Waals surface area contributed by atoms with E-state index in [1.165, 1.54) is 22.6 Å². The Bertz CT molecular complexity index is 927. The maximum Gasteiger partial charge on any atom is 0.274 e. The number of anilines is 1. The zero-order chi connectivity index (χ0) is 20.9. The maximum atomic E-state index is 12.9. The number of hydrogen-bond donors (Lipinski definition) is 1. The number of nitrogens with one attached hydrogen (secondary N) is 2. The molecule has 2 heterocycles. The molecule has 3 rings (SSSR count). The number of aromatic nitrogens is 1. The van der Waals surface area contributed by atoms with Gasteiger partial charge in [-0.05, 0) is 43.5 Å². The van der Waals surface area contributed by atoms with Crippen molar-refractivity contribution in [2.75, 3.05) is 31.1 Å². The van der Waals surface area contributed by atoms with Crippen LogP contribution in [-0.4, -0.2) is 44.8 Å². The predicted molar refractivity (Wildman–Crippen MR) is 107 cm³/mol. The van der Waals surface area contributed by atoms with Crippen LogP contribution in [0.3, 0.4) is 0 Å². The highest BCUT2D eigenvalue weighted by atomic mass is 32.2. The molecule has 1 saturated heterocycles. The van der Waals surface area contributed by atoms with E-state index in [-0.39, 0.29) is 23.2 Å². The van der Waals surface area contributed by atoms with Gasteiger partial charge in [0.1, 0.15) is 16.9 Å². The van der Waals surface area contributed by atoms with Crippen molar-refractivity contribution in [3.05, 3.63) is 54.0 Å². The highest BCUT2D eigenvalue weighted by Crippen LogP contribution is 2.20. The molecule has 1 aromatic heterocycles. The molecular formula is C20H26FN4O3S+. The van der Waals surface area contributed by atoms with E-state index in [9.17, 15) is 17.6 Å². The molecule has 1 aliphatic rings. The molecule has 7 nitrogen and oxygen atoms in total. The molecular weight excluding hydrogens is 395 g/mol. The van der Waals surface area contributed by atoms with Gasteiger partial charge in [0.15, 0.2) is 6.54 Å². The Balaban J connectivity index is 1.60. The second kappa shape index (κ2) is 9.32. The third-order valence-corrected chi connectivity index (χ3v) is 6.83. The Morgan fingerprint density at radius 1 is 1.17 bits per heavy atom. The quantitative estimate of drug-likeness (QED) is 0.701. The first-order valence-corrected chi connectivity index (χ1v) is 11.1. The molecule has 1 amide bonds. The van der Waals surface area contributed by atoms with Gasteiger partial charge in [-0.3, -0.25) is 9.69 Å². The number of benzene rings is 1. The number of likely N-dealkylation sites (N-methyl/N-ethyl adjacent to an activating group) is 1. The lowest BCUT2D eigenvalue weighted by Gasteiger charge is -2.17. The molecule has 1 aromatic carbocycles. The Hall–Kier alpha value is -2.52. The van der Waals surface area contributed by atoms with Crippen molar-refractivity contribution in [1.29, 1.82) is 0 Å². The summed E-state index contributed by atoms with van der Waals surface area (Å²) < 4.78 is 39.7. The minimum Gasteiger partial charge on any atom is -0.349 e. The van der Waals surface area contributed by atoms with Crippen molar-refractivity contribution in [1.82, 2.24) is 9.62 Å². The summed E-state index contributed by atoms with van der Waals surface area (Å²) in [5.41, 5.74) is 0.811. The average Bonchev–Trinajstić information content (AvgIpc) is 3.27. The van der Waals surface area contributed by atoms with Gasteiger partial charge in [-0.25, -0.2) is 17.8 Å². The number of H-pyrrole nitrogens is 1. The Morgan fingerprint density at radius 2 is 1.86 bits per heavy atom. The van der Waals surface area contributed by atoms with Gasteiger partial charge in [-0.2, -0.15) is 4.31 Å². The van der Waals surface area contributed by atoms with Crippen LogP contribution < -0.4 is 15.2 Å². The minimum atomic E-state index is -3.48. The zero-order valence-electron chi connectivity index (χ0n) is 16.4. The van der Waals surface area contributed by atoms with Gasteiger partial charge < -0.3 is 5.32 Å². The number of carbonyl (C=O) groups excluding carboxylic acids is 1. The Morgan fingerprint density at radius 3 is 2.45 bits per heavy atom. The van der Waals surface area contributed by atoms with Crippen molar-refractivity contribution < 1.29 is 22.6 Å². The third kappa shape index (κ3) is 5.30. The van der Waals surface area contributed by atoms with Crippen molar-refractivity contribution in [2.45, 2.75) is 31.2 Å². The summed E-state index contributed by atoms with van der Waals surface area (Å²) in [4.78, 5) is 17.3. The molecule has 0 bridgehead atoms. The summed E-state index contributed by atoms with van der Waals surface area (Å²) >= 11 is 0. The van der Waals surface area contributed by atoms with Crippen LogP contribution in [0.25, 0.3) is 0 Å². The fourth-order valence-corrected chi connectivity index (χ4v) is 4.72. The van der Waals surface area contributed by atoms with Gasteiger partial charge in [-0.15, -0.1) is 0 Å². The average molecular weight is 422 g/mol. The van der Waals surface area contributed by atoms with Gasteiger partial charge in [0.05, 0.1) is 6.54 Å². The van der Waals surface area contributed by atoms with Crippen LogP contribution in [0.15, 0.2) is 47.5 Å². The van der Waals surface area contributed by atoms with Gasteiger partial charge >= 0.3 is 0 Å². The smallest absolute Gasteiger partial charge is 0.274 e. The first kappa shape index (κ1) is 21.2. The number of aromatic amines is 1. The number of nitrogens with zero attached hydrogens (tertiary/aromatic N) is 2. The van der Waals surface area contributed by atoms with Crippen LogP contribution in [-0.2, 0) is 21.4 Å². The topological polar surface area (TPSA) is 83.9 Å². The number of halogens is 1. The molecule has 156 valence electrons. The monoisotopic (exact) mass is 421 g/mol. The number of hydrogen-bond acceptors (Lipinski definition) is 4. The summed E-state index contributed by atoms with van der Waals surface area (Å²) in [6, 6.07) is 9.21. The van der Waals surface area contributed by atoms with Gasteiger partial charge in [-0.1, -0.05) is 12.1 Å². The van der Waals surface area contributed by atoms with Crippen molar-refractivity contribution in [3.8, 4) is 0 Å². The van der Waals surface area contributed by atoms with Crippen LogP contribution in [0.1, 0.15) is 25.3 Å². The van der Waals surface area contributed by atoms with E-state index in [0.717, 1.165) is 18.4 Å². The summed E-state index contributed by atoms with van der Waals surface area (Å²) in [5, 5.41) is 2.81. The summed E-state index contributed by atoms with van der Waals surface area (Å²) in [6.45, 7) is 4.02. The number of rotatable bonds is 8. The first-order chi connectivity index (χ1) is 13.9. The van der Waals surface area contributed by atoms with Crippen molar-refractivity contribution in [2.24, 2.45) is 0 Å². The summed E-state index contributed by atoms with van der Waals surface area (Å²) in [7, 11) is -3.48. The summed E-state index contributed by atoms with van der Waals surface area (Å²) in [5.74, 6) is 0.158. The highest BCUT2D eigenvalue weighted by Gasteiger charge is 2.28. The molecule has 0 atom stereocenters. The molecule has 1 fully saturated rings. The van der Waals surface area contributed by atoms with Crippen LogP contribution in [0, 0.1) is 5.82 Å². The number of sulfonamides is 1. The van der Waals surface area contributed by atoms with E-state index in [1.54, 1.807) is 24.3 Å². The highest BCUT2D eigenvalue weighted by molar-refractivity contribution is 7.89. The van der Waals surface area contributed by atoms with Gasteiger partial charge in [0.25, 0.3) is 11.7 Å². The second-order valence-corrected chi connectivity index (χ2v) is 8.88. The second-order valence-electron chi connectivity index (χ2n) is 6.94. The minimum absolute atomic E-state index is 0.117. The lowest BCUT2D eigenvalue weighted by molar-refractivity contribution is -0.367. The Kier molecular flexibility index (Phi) is 6.81. The molecule has 29 heavy (non-hydrogen) atoms. The van der Waals surface area contributed by atoms with E-state index >= 15 is 0 Å². The normalized spacial score (nSPS) is 14.7. The molecule has 0 unspecified atom stereocenters. The molecule has 0 aliphatic carbocycles. The van der Waals surface area contributed by atoms with E-state index in [1.807, 2.05) is 11.8 Å². The molecule has 1 aliphatic heterocycles. The van der Waals surface area contributed by atoms with E-state index in [0.29, 0.717) is 32.0 Å². The first-order valence-electron chi connectivity index (χ1n) is 9.68. The standard InChI is InChI=1S/C20H25FN4O3S/c1-2-24(15-20(26)23-13-16-5-7-17(21)8-6-16)19-10-9-18(14-22-19)29(27,28)25-11-3-4-12-25/h5-10,14H,2-4,11-13,15H2,1H3,(H,23,26)/p+1. The number of amides is 1. The zero-order valence-corrected chi connectivity index (χ0v) is 17.2. The van der Waals surface area contributed by atoms with Gasteiger partial charge in [0.2, 0.25) is 10.0 Å². The SMILES string of the molecule is CCN(CC(=O)NCc1ccc(F)cc1)c1ccc(S(=O)(=O)N2CCCC2)c[nH+]1. The van der Waals surface area contributed by atoms with Crippen molar-refractivity contribution >= 4 is 21.7 Å². The van der Waals surface area contributed by atoms with E-state index in [2.05, 4.69) is 10.3 Å². The maximum absolute atomic E-state index is 12.9. The van der Waals surface area contributed by atoms with Crippen LogP contribution in [0.5, 0.6) is 0 Å². The van der Waals surface area contributed by atoms with E-state index < -0.39 is 10.0 Å². The molecule has 9 heteroatoms. The predicted octanol–water partition coefficient (Wildman–Crippen LogP) is 1.57. The van der Waals surface area contributed by atoms with Crippen molar-refractivity contribution in [3.63, 3.8) is 0 Å². The molecule has 0 spiro atoms. The van der Waals surface area contributed by atoms with Crippen LogP contribution >= 0.6 is 0 Å². The Labute approximate surface area is 170 Å². The third-order valence-electron chi connectivity index (χ3n) is 4.93. The molecule has 0 radical (unpaired) electrons. The van der Waals surface area contributed by atoms with E-state index in [4.69, 9.17) is 0 Å². The van der Waals surface area contributed by atoms with Gasteiger partial charge in [0, 0.05) is 25.7 Å². The lowest BCUT2D eigenvalue weighted by Crippen LogP contribution is -2.39. The molecule has 2 N–H and O–H groups in total. The molecule has 0 saturated carbocycles. The fraction of sp³-hybridized carbons (Fsp3) is 0.400. The lowest BCUT2D eigenvalue weighted by atomic mass is 10.2.